The summed E-state index contributed by atoms with van der Waals surface area (Å²) in [7, 11) is -2.48. The van der Waals surface area contributed by atoms with Crippen LogP contribution in [-0.4, -0.2) is 95.5 Å². The van der Waals surface area contributed by atoms with E-state index in [0.29, 0.717) is 82.4 Å². The molecule has 5 atom stereocenters. The van der Waals surface area contributed by atoms with Crippen LogP contribution in [0.1, 0.15) is 109 Å². The summed E-state index contributed by atoms with van der Waals surface area (Å²) in [6.45, 7) is 4.64. The zero-order chi connectivity index (χ0) is 42.1. The van der Waals surface area contributed by atoms with Gasteiger partial charge in [0.1, 0.15) is 34.7 Å². The van der Waals surface area contributed by atoms with E-state index in [1.165, 1.54) is 4.90 Å². The number of hydrogen-bond acceptors (Lipinski definition) is 10. The first-order chi connectivity index (χ1) is 27.1. The first-order valence-electron chi connectivity index (χ1n) is 20.0. The van der Waals surface area contributed by atoms with Crippen LogP contribution in [0.2, 0.25) is 0 Å². The standard InChI is InChI=1S/C40H52F3N5O9S/c1-23-31-26(27-19-25(55-5)13-14-28(27)44-23)15-16-38(56-31)21-30-32(49)46-39(34(51)47-58(53,54)37(4)17-18-37)20-24(39)11-9-7-6-8-10-12-29(33(50)48(30)22-38)45-35(52)57-36(2,3)40(41,42)43/h13-14,19,24,29-30H,6-12,15-18,20-22H2,1-5H3,(H,45,52)(H,46,49)(H,47,51)/t24-,29+,30+,38-,39-/m1/s1. The molecule has 7 rings (SSSR count). The molecule has 58 heavy (non-hydrogen) atoms. The quantitative estimate of drug-likeness (QED) is 0.347. The average molecular weight is 836 g/mol. The Balaban J connectivity index is 1.23. The van der Waals surface area contributed by atoms with E-state index in [0.717, 1.165) is 29.3 Å². The van der Waals surface area contributed by atoms with Gasteiger partial charge in [-0.25, -0.2) is 18.2 Å². The number of nitrogens with one attached hydrogen (secondary N) is 3. The van der Waals surface area contributed by atoms with Crippen molar-refractivity contribution < 1.29 is 55.0 Å². The number of amides is 4. The highest BCUT2D eigenvalue weighted by Gasteiger charge is 2.64. The van der Waals surface area contributed by atoms with Crippen molar-refractivity contribution in [1.82, 2.24) is 25.2 Å². The number of carbonyl (C=O) groups excluding carboxylic acids is 4. The Morgan fingerprint density at radius 3 is 2.40 bits per heavy atom. The molecule has 318 valence electrons. The van der Waals surface area contributed by atoms with Crippen molar-refractivity contribution in [2.24, 2.45) is 5.92 Å². The summed E-state index contributed by atoms with van der Waals surface area (Å²) in [6.07, 6.45) is -0.665. The minimum absolute atomic E-state index is 0.0311. The molecule has 2 aliphatic carbocycles. The first-order valence-corrected chi connectivity index (χ1v) is 21.5. The minimum Gasteiger partial charge on any atom is -0.497 e. The normalized spacial score (nSPS) is 28.8. The molecule has 2 saturated carbocycles. The van der Waals surface area contributed by atoms with E-state index in [2.05, 4.69) is 15.4 Å². The number of methoxy groups -OCH3 is 1. The number of carbonyl (C=O) groups is 4. The number of nitrogens with zero attached hydrogens (tertiary/aromatic N) is 2. The van der Waals surface area contributed by atoms with Crippen molar-refractivity contribution in [1.29, 1.82) is 0 Å². The summed E-state index contributed by atoms with van der Waals surface area (Å²) in [5, 5.41) is 6.09. The third-order valence-corrected chi connectivity index (χ3v) is 15.1. The number of pyridine rings is 1. The van der Waals surface area contributed by atoms with Crippen LogP contribution in [0.3, 0.4) is 0 Å². The Morgan fingerprint density at radius 1 is 1.03 bits per heavy atom. The number of sulfonamides is 1. The Bertz CT molecular complexity index is 2130. The van der Waals surface area contributed by atoms with E-state index >= 15 is 0 Å². The van der Waals surface area contributed by atoms with Crippen molar-refractivity contribution in [2.75, 3.05) is 13.7 Å². The fraction of sp³-hybridized carbons (Fsp3) is 0.675. The average Bonchev–Trinajstić information content (AvgIpc) is 4.04. The lowest BCUT2D eigenvalue weighted by atomic mass is 9.87. The van der Waals surface area contributed by atoms with Crippen molar-refractivity contribution >= 4 is 44.7 Å². The van der Waals surface area contributed by atoms with Gasteiger partial charge in [-0.05, 0) is 96.8 Å². The molecule has 0 unspecified atom stereocenters. The van der Waals surface area contributed by atoms with Crippen molar-refractivity contribution in [3.05, 3.63) is 29.5 Å². The minimum atomic E-state index is -4.89. The van der Waals surface area contributed by atoms with Gasteiger partial charge in [-0.2, -0.15) is 13.2 Å². The molecular formula is C40H52F3N5O9S. The number of aromatic nitrogens is 1. The van der Waals surface area contributed by atoms with Crippen LogP contribution in [0.5, 0.6) is 11.5 Å². The van der Waals surface area contributed by atoms with Crippen molar-refractivity contribution in [3.8, 4) is 11.5 Å². The van der Waals surface area contributed by atoms with Gasteiger partial charge >= 0.3 is 12.3 Å². The maximum absolute atomic E-state index is 14.7. The molecule has 4 heterocycles. The SMILES string of the molecule is COc1ccc2nc(C)c3c(c2c1)CC[C@]1(C[C@H]2C(=O)N[C@]4(C(=O)NS(=O)(=O)C5(C)CC5)C[C@H]4CCCCCCC[C@H](NC(=O)OC(C)(C)C(F)(F)F)C(=O)N2C1)O3. The third kappa shape index (κ3) is 7.76. The van der Waals surface area contributed by atoms with Gasteiger partial charge in [0.05, 0.1) is 29.6 Å². The third-order valence-electron chi connectivity index (χ3n) is 12.9. The number of halogens is 3. The number of hydrogen-bond donors (Lipinski definition) is 3. The summed E-state index contributed by atoms with van der Waals surface area (Å²) < 4.78 is 85.8. The molecule has 1 spiro atoms. The highest BCUT2D eigenvalue weighted by molar-refractivity contribution is 7.91. The Morgan fingerprint density at radius 2 is 1.72 bits per heavy atom. The molecule has 2 aromatic rings. The van der Waals surface area contributed by atoms with Crippen LogP contribution < -0.4 is 24.8 Å². The molecule has 3 aliphatic heterocycles. The highest BCUT2D eigenvalue weighted by Crippen LogP contribution is 2.50. The summed E-state index contributed by atoms with van der Waals surface area (Å²) >= 11 is 0. The van der Waals surface area contributed by atoms with Gasteiger partial charge in [-0.15, -0.1) is 0 Å². The second-order valence-electron chi connectivity index (χ2n) is 17.5. The number of aryl methyl sites for hydroxylation is 2. The Hall–Kier alpha value is -4.35. The number of alkyl halides is 3. The predicted molar refractivity (Wildman–Crippen MR) is 204 cm³/mol. The van der Waals surface area contributed by atoms with Gasteiger partial charge in [0.15, 0.2) is 0 Å². The Kier molecular flexibility index (Phi) is 10.6. The smallest absolute Gasteiger partial charge is 0.427 e. The van der Waals surface area contributed by atoms with Gasteiger partial charge in [-0.1, -0.05) is 32.1 Å². The van der Waals surface area contributed by atoms with Gasteiger partial charge in [-0.3, -0.25) is 19.1 Å². The lowest BCUT2D eigenvalue weighted by Crippen LogP contribution is -2.59. The number of alkyl carbamates (subject to hydrolysis) is 1. The molecule has 18 heteroatoms. The van der Waals surface area contributed by atoms with E-state index in [9.17, 15) is 40.8 Å². The fourth-order valence-electron chi connectivity index (χ4n) is 8.66. The van der Waals surface area contributed by atoms with Crippen molar-refractivity contribution in [2.45, 2.75) is 151 Å². The molecule has 0 radical (unpaired) electrons. The monoisotopic (exact) mass is 835 g/mol. The fourth-order valence-corrected chi connectivity index (χ4v) is 9.98. The second-order valence-corrected chi connectivity index (χ2v) is 19.7. The summed E-state index contributed by atoms with van der Waals surface area (Å²) in [6, 6.07) is 2.90. The van der Waals surface area contributed by atoms with E-state index in [4.69, 9.17) is 19.2 Å². The molecular weight excluding hydrogens is 784 g/mol. The summed E-state index contributed by atoms with van der Waals surface area (Å²) in [5.74, 6) is -1.49. The van der Waals surface area contributed by atoms with Crippen LogP contribution in [0.15, 0.2) is 18.2 Å². The van der Waals surface area contributed by atoms with Crippen LogP contribution in [0.25, 0.3) is 10.9 Å². The number of rotatable bonds is 6. The molecule has 4 amide bonds. The molecule has 1 aromatic carbocycles. The maximum Gasteiger partial charge on any atom is 0.427 e. The molecule has 14 nitrogen and oxygen atoms in total. The first kappa shape index (κ1) is 41.8. The topological polar surface area (TPSA) is 182 Å². The van der Waals surface area contributed by atoms with Crippen molar-refractivity contribution in [3.63, 3.8) is 0 Å². The summed E-state index contributed by atoms with van der Waals surface area (Å²) in [5.41, 5.74) is -3.33. The van der Waals surface area contributed by atoms with Crippen LogP contribution in [0.4, 0.5) is 18.0 Å². The highest BCUT2D eigenvalue weighted by atomic mass is 32.2. The van der Waals surface area contributed by atoms with Crippen LogP contribution in [-0.2, 0) is 35.6 Å². The zero-order valence-corrected chi connectivity index (χ0v) is 34.3. The predicted octanol–water partition coefficient (Wildman–Crippen LogP) is 5.27. The lowest BCUT2D eigenvalue weighted by Gasteiger charge is -2.37. The number of ether oxygens (including phenoxy) is 3. The van der Waals surface area contributed by atoms with Gasteiger partial charge < -0.3 is 29.7 Å². The zero-order valence-electron chi connectivity index (χ0n) is 33.5. The summed E-state index contributed by atoms with van der Waals surface area (Å²) in [4.78, 5) is 62.4. The number of benzene rings is 1. The van der Waals surface area contributed by atoms with Crippen LogP contribution in [0, 0.1) is 12.8 Å². The van der Waals surface area contributed by atoms with Crippen LogP contribution >= 0.6 is 0 Å². The maximum atomic E-state index is 14.7. The Labute approximate surface area is 335 Å². The van der Waals surface area contributed by atoms with Gasteiger partial charge in [0.2, 0.25) is 27.4 Å². The molecule has 4 fully saturated rings. The molecule has 3 N–H and O–H groups in total. The van der Waals surface area contributed by atoms with E-state index in [1.807, 2.05) is 18.2 Å². The van der Waals surface area contributed by atoms with Gasteiger partial charge in [0.25, 0.3) is 5.91 Å². The second kappa shape index (κ2) is 14.7. The molecule has 1 aromatic heterocycles. The molecule has 5 aliphatic rings. The van der Waals surface area contributed by atoms with Gasteiger partial charge in [0, 0.05) is 17.4 Å². The van der Waals surface area contributed by atoms with E-state index in [1.54, 1.807) is 21.0 Å². The van der Waals surface area contributed by atoms with E-state index in [-0.39, 0.29) is 31.7 Å². The number of fused-ring (bicyclic) bond motifs is 5. The largest absolute Gasteiger partial charge is 0.497 e. The molecule has 0 bridgehead atoms. The van der Waals surface area contributed by atoms with E-state index < -0.39 is 73.6 Å². The molecule has 2 saturated heterocycles. The lowest BCUT2D eigenvalue weighted by molar-refractivity contribution is -0.244.